The van der Waals surface area contributed by atoms with Crippen molar-refractivity contribution in [2.75, 3.05) is 32.8 Å². The summed E-state index contributed by atoms with van der Waals surface area (Å²) in [5.74, 6) is 0.729. The van der Waals surface area contributed by atoms with Crippen molar-refractivity contribution >= 4 is 35.8 Å². The average Bonchev–Trinajstić information content (AvgIpc) is 3.35. The van der Waals surface area contributed by atoms with Crippen LogP contribution in [0.2, 0.25) is 0 Å². The summed E-state index contributed by atoms with van der Waals surface area (Å²) in [6, 6.07) is 7.67. The Morgan fingerprint density at radius 3 is 2.73 bits per heavy atom. The van der Waals surface area contributed by atoms with Crippen LogP contribution in [-0.4, -0.2) is 56.9 Å². The highest BCUT2D eigenvalue weighted by Gasteiger charge is 2.17. The first-order chi connectivity index (χ1) is 15.7. The van der Waals surface area contributed by atoms with Crippen molar-refractivity contribution in [2.45, 2.75) is 77.0 Å². The number of ether oxygens (including phenoxy) is 2. The van der Waals surface area contributed by atoms with E-state index in [-0.39, 0.29) is 36.0 Å². The molecule has 1 amide bonds. The number of nitrogens with zero attached hydrogens (tertiary/aromatic N) is 1. The van der Waals surface area contributed by atoms with Crippen LogP contribution in [0.5, 0.6) is 0 Å². The van der Waals surface area contributed by atoms with Crippen LogP contribution in [0.1, 0.15) is 74.2 Å². The van der Waals surface area contributed by atoms with E-state index >= 15 is 0 Å². The Morgan fingerprint density at radius 2 is 1.97 bits per heavy atom. The Bertz CT molecular complexity index is 719. The Kier molecular flexibility index (Phi) is 13.7. The first-order valence-electron chi connectivity index (χ1n) is 12.4. The molecule has 1 heterocycles. The molecule has 0 bridgehead atoms. The zero-order valence-corrected chi connectivity index (χ0v) is 22.3. The lowest BCUT2D eigenvalue weighted by atomic mass is 9.98. The smallest absolute Gasteiger partial charge is 0.251 e. The lowest BCUT2D eigenvalue weighted by Crippen LogP contribution is -2.38. The summed E-state index contributed by atoms with van der Waals surface area (Å²) >= 11 is 0. The molecule has 2 aliphatic rings. The summed E-state index contributed by atoms with van der Waals surface area (Å²) in [6.45, 7) is 6.35. The maximum atomic E-state index is 12.5. The maximum Gasteiger partial charge on any atom is 0.251 e. The Balaban J connectivity index is 0.00000385. The molecule has 1 saturated heterocycles. The summed E-state index contributed by atoms with van der Waals surface area (Å²) in [7, 11) is 0. The Hall–Kier alpha value is -1.39. The highest BCUT2D eigenvalue weighted by atomic mass is 127. The standard InChI is InChI=1S/C25H40N4O3.HI/c1-2-26-25(27-14-8-16-31-22-11-4-3-5-12-22)29-18-20-9-6-10-21(17-20)24(30)28-19-23-13-7-15-32-23;/h6,9-10,17,22-23H,2-5,7-8,11-16,18-19H2,1H3,(H,28,30)(H2,26,27,29);1H. The first-order valence-corrected chi connectivity index (χ1v) is 12.4. The zero-order chi connectivity index (χ0) is 22.4. The van der Waals surface area contributed by atoms with Gasteiger partial charge in [-0.2, -0.15) is 0 Å². The minimum Gasteiger partial charge on any atom is -0.378 e. The van der Waals surface area contributed by atoms with Gasteiger partial charge >= 0.3 is 0 Å². The van der Waals surface area contributed by atoms with Crippen LogP contribution in [0.15, 0.2) is 29.3 Å². The van der Waals surface area contributed by atoms with Gasteiger partial charge < -0.3 is 25.4 Å². The molecule has 8 heteroatoms. The second kappa shape index (κ2) is 16.3. The number of aliphatic imine (C=N–C) groups is 1. The Morgan fingerprint density at radius 1 is 1.12 bits per heavy atom. The van der Waals surface area contributed by atoms with Crippen molar-refractivity contribution in [3.05, 3.63) is 35.4 Å². The van der Waals surface area contributed by atoms with Crippen molar-refractivity contribution in [3.8, 4) is 0 Å². The largest absolute Gasteiger partial charge is 0.378 e. The van der Waals surface area contributed by atoms with Crippen LogP contribution >= 0.6 is 24.0 Å². The normalized spacial score (nSPS) is 19.1. The van der Waals surface area contributed by atoms with Gasteiger partial charge in [0.25, 0.3) is 5.91 Å². The number of carbonyl (C=O) groups excluding carboxylic acids is 1. The van der Waals surface area contributed by atoms with E-state index in [1.165, 1.54) is 32.1 Å². The molecule has 1 unspecified atom stereocenters. The van der Waals surface area contributed by atoms with Gasteiger partial charge in [0.2, 0.25) is 0 Å². The monoisotopic (exact) mass is 572 g/mol. The van der Waals surface area contributed by atoms with Gasteiger partial charge in [0.05, 0.1) is 18.8 Å². The number of amides is 1. The molecule has 3 N–H and O–H groups in total. The fraction of sp³-hybridized carbons (Fsp3) is 0.680. The highest BCUT2D eigenvalue weighted by molar-refractivity contribution is 14.0. The molecular formula is C25H41IN4O3. The zero-order valence-electron chi connectivity index (χ0n) is 19.9. The van der Waals surface area contributed by atoms with Gasteiger partial charge in [-0.3, -0.25) is 4.79 Å². The van der Waals surface area contributed by atoms with E-state index in [0.29, 0.717) is 24.8 Å². The second-order valence-electron chi connectivity index (χ2n) is 8.65. The Labute approximate surface area is 215 Å². The molecule has 1 aliphatic heterocycles. The molecule has 0 aromatic heterocycles. The molecule has 7 nitrogen and oxygen atoms in total. The summed E-state index contributed by atoms with van der Waals surface area (Å²) in [5, 5.41) is 9.65. The van der Waals surface area contributed by atoms with Crippen molar-refractivity contribution in [1.29, 1.82) is 0 Å². The van der Waals surface area contributed by atoms with E-state index in [1.54, 1.807) is 0 Å². The quantitative estimate of drug-likeness (QED) is 0.162. The molecule has 2 fully saturated rings. The third-order valence-electron chi connectivity index (χ3n) is 5.99. The third kappa shape index (κ3) is 10.6. The van der Waals surface area contributed by atoms with Crippen LogP contribution in [0, 0.1) is 0 Å². The third-order valence-corrected chi connectivity index (χ3v) is 5.99. The predicted molar refractivity (Wildman–Crippen MR) is 143 cm³/mol. The van der Waals surface area contributed by atoms with Gasteiger partial charge in [0.15, 0.2) is 5.96 Å². The van der Waals surface area contributed by atoms with E-state index in [4.69, 9.17) is 9.47 Å². The number of hydrogen-bond acceptors (Lipinski definition) is 4. The molecule has 1 saturated carbocycles. The lowest BCUT2D eigenvalue weighted by molar-refractivity contribution is 0.0277. The molecule has 0 radical (unpaired) electrons. The van der Waals surface area contributed by atoms with Crippen LogP contribution in [0.4, 0.5) is 0 Å². The summed E-state index contributed by atoms with van der Waals surface area (Å²) in [6.07, 6.45) is 10.0. The minimum absolute atomic E-state index is 0. The van der Waals surface area contributed by atoms with Crippen molar-refractivity contribution in [3.63, 3.8) is 0 Å². The number of rotatable bonds is 11. The van der Waals surface area contributed by atoms with Gasteiger partial charge in [-0.15, -0.1) is 24.0 Å². The van der Waals surface area contributed by atoms with E-state index in [2.05, 4.69) is 27.9 Å². The molecule has 3 rings (SSSR count). The van der Waals surface area contributed by atoms with E-state index in [1.807, 2.05) is 24.3 Å². The molecule has 1 aliphatic carbocycles. The van der Waals surface area contributed by atoms with Crippen molar-refractivity contribution in [2.24, 2.45) is 4.99 Å². The fourth-order valence-electron chi connectivity index (χ4n) is 4.20. The highest BCUT2D eigenvalue weighted by Crippen LogP contribution is 2.20. The number of carbonyl (C=O) groups is 1. The van der Waals surface area contributed by atoms with Gasteiger partial charge in [0.1, 0.15) is 0 Å². The molecule has 186 valence electrons. The fourth-order valence-corrected chi connectivity index (χ4v) is 4.20. The second-order valence-corrected chi connectivity index (χ2v) is 8.65. The average molecular weight is 573 g/mol. The van der Waals surface area contributed by atoms with Crippen molar-refractivity contribution < 1.29 is 14.3 Å². The van der Waals surface area contributed by atoms with Crippen LogP contribution in [0.25, 0.3) is 0 Å². The molecule has 1 aromatic carbocycles. The number of benzene rings is 1. The van der Waals surface area contributed by atoms with Gasteiger partial charge in [-0.25, -0.2) is 4.99 Å². The predicted octanol–water partition coefficient (Wildman–Crippen LogP) is 4.01. The molecular weight excluding hydrogens is 531 g/mol. The number of nitrogens with one attached hydrogen (secondary N) is 3. The van der Waals surface area contributed by atoms with E-state index < -0.39 is 0 Å². The van der Waals surface area contributed by atoms with Gasteiger partial charge in [-0.05, 0) is 56.7 Å². The first kappa shape index (κ1) is 27.9. The summed E-state index contributed by atoms with van der Waals surface area (Å²) in [5.41, 5.74) is 1.67. The molecule has 1 aromatic rings. The van der Waals surface area contributed by atoms with Crippen molar-refractivity contribution in [1.82, 2.24) is 16.0 Å². The minimum atomic E-state index is -0.0608. The van der Waals surface area contributed by atoms with E-state index in [0.717, 1.165) is 57.1 Å². The van der Waals surface area contributed by atoms with Gasteiger partial charge in [0, 0.05) is 38.4 Å². The maximum absolute atomic E-state index is 12.5. The number of halogens is 1. The molecule has 1 atom stereocenters. The SMILES string of the molecule is CCNC(=NCc1cccc(C(=O)NCC2CCCO2)c1)NCCCOC1CCCCC1.I. The van der Waals surface area contributed by atoms with Crippen LogP contribution in [0.3, 0.4) is 0 Å². The summed E-state index contributed by atoms with van der Waals surface area (Å²) in [4.78, 5) is 17.2. The van der Waals surface area contributed by atoms with Crippen LogP contribution < -0.4 is 16.0 Å². The summed E-state index contributed by atoms with van der Waals surface area (Å²) < 4.78 is 11.6. The number of guanidine groups is 1. The molecule has 0 spiro atoms. The lowest BCUT2D eigenvalue weighted by Gasteiger charge is -2.22. The topological polar surface area (TPSA) is 84.0 Å². The van der Waals surface area contributed by atoms with E-state index in [9.17, 15) is 4.79 Å². The molecule has 33 heavy (non-hydrogen) atoms. The van der Waals surface area contributed by atoms with Gasteiger partial charge in [-0.1, -0.05) is 31.4 Å². The van der Waals surface area contributed by atoms with Crippen LogP contribution in [-0.2, 0) is 16.0 Å². The number of hydrogen-bond donors (Lipinski definition) is 3.